The van der Waals surface area contributed by atoms with Crippen LogP contribution in [0.4, 0.5) is 4.79 Å². The SMILES string of the molecule is COC(=O)Oc1cccn1CC(C)C. The first kappa shape index (κ1) is 10.6. The average molecular weight is 197 g/mol. The molecule has 0 bridgehead atoms. The first-order chi connectivity index (χ1) is 6.63. The number of carbonyl (C=O) groups is 1. The first-order valence-corrected chi connectivity index (χ1v) is 4.54. The molecule has 0 amide bonds. The summed E-state index contributed by atoms with van der Waals surface area (Å²) in [6, 6.07) is 3.57. The van der Waals surface area contributed by atoms with Crippen molar-refractivity contribution in [1.82, 2.24) is 4.57 Å². The summed E-state index contributed by atoms with van der Waals surface area (Å²) < 4.78 is 11.2. The number of hydrogen-bond donors (Lipinski definition) is 0. The molecular formula is C10H15NO3. The van der Waals surface area contributed by atoms with Crippen molar-refractivity contribution in [3.63, 3.8) is 0 Å². The molecule has 0 spiro atoms. The smallest absolute Gasteiger partial charge is 0.437 e. The van der Waals surface area contributed by atoms with Crippen molar-refractivity contribution in [3.8, 4) is 5.88 Å². The summed E-state index contributed by atoms with van der Waals surface area (Å²) in [6.45, 7) is 5.02. The molecule has 0 aliphatic rings. The monoisotopic (exact) mass is 197 g/mol. The molecule has 4 heteroatoms. The van der Waals surface area contributed by atoms with Crippen molar-refractivity contribution in [2.75, 3.05) is 7.11 Å². The van der Waals surface area contributed by atoms with E-state index in [2.05, 4.69) is 18.6 Å². The molecule has 1 rings (SSSR count). The quantitative estimate of drug-likeness (QED) is 0.698. The standard InChI is InChI=1S/C10H15NO3/c1-8(2)7-11-6-4-5-9(11)14-10(12)13-3/h4-6,8H,7H2,1-3H3. The minimum Gasteiger partial charge on any atom is -0.437 e. The highest BCUT2D eigenvalue weighted by Gasteiger charge is 2.08. The van der Waals surface area contributed by atoms with Crippen molar-refractivity contribution in [2.45, 2.75) is 20.4 Å². The summed E-state index contributed by atoms with van der Waals surface area (Å²) in [5, 5.41) is 0. The summed E-state index contributed by atoms with van der Waals surface area (Å²) in [5.74, 6) is 1.02. The zero-order chi connectivity index (χ0) is 10.6. The van der Waals surface area contributed by atoms with Gasteiger partial charge in [0.25, 0.3) is 0 Å². The third-order valence-electron chi connectivity index (χ3n) is 1.70. The largest absolute Gasteiger partial charge is 0.514 e. The Morgan fingerprint density at radius 2 is 2.29 bits per heavy atom. The summed E-state index contributed by atoms with van der Waals surface area (Å²) in [4.78, 5) is 10.9. The predicted octanol–water partition coefficient (Wildman–Crippen LogP) is 2.29. The summed E-state index contributed by atoms with van der Waals surface area (Å²) in [7, 11) is 1.29. The van der Waals surface area contributed by atoms with Gasteiger partial charge in [0.1, 0.15) is 0 Å². The second kappa shape index (κ2) is 4.69. The van der Waals surface area contributed by atoms with Crippen LogP contribution >= 0.6 is 0 Å². The van der Waals surface area contributed by atoms with E-state index >= 15 is 0 Å². The Balaban J connectivity index is 2.67. The van der Waals surface area contributed by atoms with Gasteiger partial charge in [0.05, 0.1) is 7.11 Å². The van der Waals surface area contributed by atoms with Crippen molar-refractivity contribution in [1.29, 1.82) is 0 Å². The molecule has 0 aromatic carbocycles. The highest BCUT2D eigenvalue weighted by Crippen LogP contribution is 2.14. The number of rotatable bonds is 3. The number of ether oxygens (including phenoxy) is 2. The van der Waals surface area contributed by atoms with Gasteiger partial charge in [-0.1, -0.05) is 13.8 Å². The van der Waals surface area contributed by atoms with E-state index in [9.17, 15) is 4.79 Å². The summed E-state index contributed by atoms with van der Waals surface area (Å²) >= 11 is 0. The second-order valence-corrected chi connectivity index (χ2v) is 3.45. The molecule has 0 unspecified atom stereocenters. The Morgan fingerprint density at radius 1 is 1.57 bits per heavy atom. The maximum absolute atomic E-state index is 10.9. The first-order valence-electron chi connectivity index (χ1n) is 4.54. The van der Waals surface area contributed by atoms with E-state index in [-0.39, 0.29) is 0 Å². The average Bonchev–Trinajstić information content (AvgIpc) is 2.52. The lowest BCUT2D eigenvalue weighted by atomic mass is 10.2. The Labute approximate surface area is 83.4 Å². The number of hydrogen-bond acceptors (Lipinski definition) is 3. The lowest BCUT2D eigenvalue weighted by molar-refractivity contribution is 0.117. The molecule has 4 nitrogen and oxygen atoms in total. The fourth-order valence-electron chi connectivity index (χ4n) is 1.16. The van der Waals surface area contributed by atoms with Gasteiger partial charge in [-0.25, -0.2) is 4.79 Å². The maximum Gasteiger partial charge on any atom is 0.514 e. The van der Waals surface area contributed by atoms with Gasteiger partial charge < -0.3 is 14.0 Å². The molecule has 0 radical (unpaired) electrons. The Bertz CT molecular complexity index is 304. The predicted molar refractivity (Wildman–Crippen MR) is 52.3 cm³/mol. The van der Waals surface area contributed by atoms with Gasteiger partial charge in [0.2, 0.25) is 5.88 Å². The Morgan fingerprint density at radius 3 is 2.86 bits per heavy atom. The molecule has 0 N–H and O–H groups in total. The topological polar surface area (TPSA) is 40.5 Å². The van der Waals surface area contributed by atoms with Crippen molar-refractivity contribution in [3.05, 3.63) is 18.3 Å². The fourth-order valence-corrected chi connectivity index (χ4v) is 1.16. The van der Waals surface area contributed by atoms with Crippen LogP contribution in [-0.2, 0) is 11.3 Å². The van der Waals surface area contributed by atoms with Gasteiger partial charge in [-0.3, -0.25) is 0 Å². The number of carbonyl (C=O) groups excluding carboxylic acids is 1. The van der Waals surface area contributed by atoms with Crippen LogP contribution in [0.1, 0.15) is 13.8 Å². The molecule has 1 aromatic heterocycles. The van der Waals surface area contributed by atoms with Gasteiger partial charge in [-0.2, -0.15) is 0 Å². The minimum absolute atomic E-state index is 0.502. The number of methoxy groups -OCH3 is 1. The lowest BCUT2D eigenvalue weighted by Gasteiger charge is -2.10. The van der Waals surface area contributed by atoms with Crippen LogP contribution < -0.4 is 4.74 Å². The van der Waals surface area contributed by atoms with Crippen LogP contribution in [0.25, 0.3) is 0 Å². The van der Waals surface area contributed by atoms with Gasteiger partial charge >= 0.3 is 6.16 Å². The Hall–Kier alpha value is -1.45. The Kier molecular flexibility index (Phi) is 3.56. The fraction of sp³-hybridized carbons (Fsp3) is 0.500. The van der Waals surface area contributed by atoms with E-state index in [0.29, 0.717) is 11.8 Å². The van der Waals surface area contributed by atoms with E-state index < -0.39 is 6.16 Å². The van der Waals surface area contributed by atoms with Crippen LogP contribution in [0, 0.1) is 5.92 Å². The molecular weight excluding hydrogens is 182 g/mol. The molecule has 1 aromatic rings. The molecule has 0 saturated heterocycles. The normalized spacial score (nSPS) is 10.3. The molecule has 78 valence electrons. The van der Waals surface area contributed by atoms with Crippen LogP contribution in [0.2, 0.25) is 0 Å². The van der Waals surface area contributed by atoms with Crippen LogP contribution in [0.15, 0.2) is 18.3 Å². The second-order valence-electron chi connectivity index (χ2n) is 3.45. The van der Waals surface area contributed by atoms with Crippen LogP contribution in [-0.4, -0.2) is 17.8 Å². The van der Waals surface area contributed by atoms with Gasteiger partial charge in [-0.05, 0) is 12.0 Å². The van der Waals surface area contributed by atoms with E-state index in [1.807, 2.05) is 16.8 Å². The van der Waals surface area contributed by atoms with E-state index in [4.69, 9.17) is 4.74 Å². The third-order valence-corrected chi connectivity index (χ3v) is 1.70. The molecule has 0 aliphatic heterocycles. The van der Waals surface area contributed by atoms with Crippen molar-refractivity contribution in [2.24, 2.45) is 5.92 Å². The van der Waals surface area contributed by atoms with Crippen molar-refractivity contribution < 1.29 is 14.3 Å². The third kappa shape index (κ3) is 2.80. The van der Waals surface area contributed by atoms with E-state index in [1.165, 1.54) is 7.11 Å². The minimum atomic E-state index is -0.686. The molecule has 0 saturated carbocycles. The van der Waals surface area contributed by atoms with Crippen LogP contribution in [0.5, 0.6) is 5.88 Å². The highest BCUT2D eigenvalue weighted by molar-refractivity contribution is 5.62. The van der Waals surface area contributed by atoms with Gasteiger partial charge in [-0.15, -0.1) is 0 Å². The molecule has 14 heavy (non-hydrogen) atoms. The lowest BCUT2D eigenvalue weighted by Crippen LogP contribution is -2.12. The number of nitrogens with zero attached hydrogens (tertiary/aromatic N) is 1. The number of aromatic nitrogens is 1. The van der Waals surface area contributed by atoms with Crippen molar-refractivity contribution >= 4 is 6.16 Å². The molecule has 0 aliphatic carbocycles. The maximum atomic E-state index is 10.9. The van der Waals surface area contributed by atoms with Crippen LogP contribution in [0.3, 0.4) is 0 Å². The highest BCUT2D eigenvalue weighted by atomic mass is 16.7. The summed E-state index contributed by atoms with van der Waals surface area (Å²) in [6.07, 6.45) is 1.19. The zero-order valence-electron chi connectivity index (χ0n) is 8.69. The van der Waals surface area contributed by atoms with E-state index in [0.717, 1.165) is 6.54 Å². The van der Waals surface area contributed by atoms with Gasteiger partial charge in [0.15, 0.2) is 0 Å². The zero-order valence-corrected chi connectivity index (χ0v) is 8.69. The van der Waals surface area contributed by atoms with E-state index in [1.54, 1.807) is 6.07 Å². The molecule has 0 atom stereocenters. The molecule has 1 heterocycles. The summed E-state index contributed by atoms with van der Waals surface area (Å²) in [5.41, 5.74) is 0. The van der Waals surface area contributed by atoms with Gasteiger partial charge in [0, 0.05) is 18.8 Å². The molecule has 0 fully saturated rings.